The van der Waals surface area contributed by atoms with E-state index < -0.39 is 0 Å². The summed E-state index contributed by atoms with van der Waals surface area (Å²) in [5.74, 6) is 0. The summed E-state index contributed by atoms with van der Waals surface area (Å²) in [6.45, 7) is 6.78. The summed E-state index contributed by atoms with van der Waals surface area (Å²) in [6.07, 6.45) is 1.14. The zero-order valence-electron chi connectivity index (χ0n) is 12.4. The second kappa shape index (κ2) is 7.53. The van der Waals surface area contributed by atoms with Gasteiger partial charge in [-0.1, -0.05) is 31.2 Å². The molecule has 0 bridgehead atoms. The second-order valence-electron chi connectivity index (χ2n) is 4.81. The number of methoxy groups -OCH3 is 1. The molecule has 0 spiro atoms. The van der Waals surface area contributed by atoms with Crippen LogP contribution in [0.3, 0.4) is 0 Å². The lowest BCUT2D eigenvalue weighted by Gasteiger charge is -2.02. The molecule has 0 aliphatic heterocycles. The van der Waals surface area contributed by atoms with Gasteiger partial charge in [0.15, 0.2) is 0 Å². The summed E-state index contributed by atoms with van der Waals surface area (Å²) in [6, 6.07) is 8.39. The van der Waals surface area contributed by atoms with Crippen molar-refractivity contribution < 1.29 is 4.74 Å². The Labute approximate surface area is 125 Å². The third kappa shape index (κ3) is 3.66. The molecule has 3 nitrogen and oxygen atoms in total. The van der Waals surface area contributed by atoms with Gasteiger partial charge in [0.05, 0.1) is 12.3 Å². The van der Waals surface area contributed by atoms with Crippen molar-refractivity contribution in [2.24, 2.45) is 0 Å². The van der Waals surface area contributed by atoms with Crippen LogP contribution in [0, 0.1) is 6.92 Å². The van der Waals surface area contributed by atoms with Crippen molar-refractivity contribution in [3.8, 4) is 10.6 Å². The van der Waals surface area contributed by atoms with Crippen molar-refractivity contribution in [3.63, 3.8) is 0 Å². The molecule has 0 fully saturated rings. The van der Waals surface area contributed by atoms with Crippen LogP contribution in [-0.4, -0.2) is 18.6 Å². The third-order valence-electron chi connectivity index (χ3n) is 3.15. The van der Waals surface area contributed by atoms with Gasteiger partial charge in [0, 0.05) is 24.1 Å². The Hall–Kier alpha value is -1.23. The van der Waals surface area contributed by atoms with Crippen LogP contribution >= 0.6 is 11.3 Å². The normalized spacial score (nSPS) is 10.9. The highest BCUT2D eigenvalue weighted by atomic mass is 32.1. The molecule has 2 rings (SSSR count). The molecule has 0 aliphatic carbocycles. The van der Waals surface area contributed by atoms with Crippen LogP contribution in [0.4, 0.5) is 0 Å². The van der Waals surface area contributed by atoms with Gasteiger partial charge in [0.1, 0.15) is 5.01 Å². The quantitative estimate of drug-likeness (QED) is 0.788. The monoisotopic (exact) mass is 290 g/mol. The number of ether oxygens (including phenoxy) is 1. The highest BCUT2D eigenvalue weighted by molar-refractivity contribution is 7.15. The Morgan fingerprint density at radius 3 is 2.80 bits per heavy atom. The Kier molecular flexibility index (Phi) is 5.71. The van der Waals surface area contributed by atoms with Gasteiger partial charge in [-0.15, -0.1) is 11.3 Å². The van der Waals surface area contributed by atoms with E-state index >= 15 is 0 Å². The van der Waals surface area contributed by atoms with Crippen molar-refractivity contribution in [3.05, 3.63) is 40.4 Å². The molecule has 108 valence electrons. The molecule has 0 aliphatic rings. The first kappa shape index (κ1) is 15.2. The van der Waals surface area contributed by atoms with Crippen LogP contribution in [0.15, 0.2) is 24.3 Å². The maximum Gasteiger partial charge on any atom is 0.124 e. The first-order chi connectivity index (χ1) is 9.76. The zero-order valence-corrected chi connectivity index (χ0v) is 13.2. The van der Waals surface area contributed by atoms with E-state index in [0.717, 1.165) is 30.2 Å². The maximum atomic E-state index is 5.27. The number of hydrogen-bond acceptors (Lipinski definition) is 4. The van der Waals surface area contributed by atoms with E-state index in [2.05, 4.69) is 43.4 Å². The van der Waals surface area contributed by atoms with Crippen LogP contribution in [0.5, 0.6) is 0 Å². The smallest absolute Gasteiger partial charge is 0.124 e. The summed E-state index contributed by atoms with van der Waals surface area (Å²) >= 11 is 1.76. The molecule has 4 heteroatoms. The summed E-state index contributed by atoms with van der Waals surface area (Å²) < 4.78 is 5.27. The van der Waals surface area contributed by atoms with E-state index in [1.807, 2.05) is 0 Å². The fourth-order valence-electron chi connectivity index (χ4n) is 2.08. The highest BCUT2D eigenvalue weighted by Gasteiger charge is 2.13. The highest BCUT2D eigenvalue weighted by Crippen LogP contribution is 2.30. The molecule has 0 amide bonds. The number of hydrogen-bond donors (Lipinski definition) is 1. The van der Waals surface area contributed by atoms with Gasteiger partial charge in [0.25, 0.3) is 0 Å². The minimum absolute atomic E-state index is 0.575. The van der Waals surface area contributed by atoms with E-state index in [1.54, 1.807) is 18.4 Å². The Morgan fingerprint density at radius 1 is 1.30 bits per heavy atom. The molecule has 2 aromatic rings. The first-order valence-electron chi connectivity index (χ1n) is 7.00. The molecule has 0 unspecified atom stereocenters. The lowest BCUT2D eigenvalue weighted by atomic mass is 10.1. The second-order valence-corrected chi connectivity index (χ2v) is 5.90. The molecule has 0 atom stereocenters. The van der Waals surface area contributed by atoms with Crippen LogP contribution < -0.4 is 5.32 Å². The van der Waals surface area contributed by atoms with Gasteiger partial charge < -0.3 is 10.1 Å². The van der Waals surface area contributed by atoms with E-state index in [4.69, 9.17) is 9.72 Å². The number of aryl methyl sites for hydroxylation is 1. The molecule has 0 saturated carbocycles. The number of aromatic nitrogens is 1. The summed E-state index contributed by atoms with van der Waals surface area (Å²) in [7, 11) is 1.72. The molecule has 1 N–H and O–H groups in total. The van der Waals surface area contributed by atoms with Crippen molar-refractivity contribution in [1.82, 2.24) is 10.3 Å². The molecule has 20 heavy (non-hydrogen) atoms. The average molecular weight is 290 g/mol. The van der Waals surface area contributed by atoms with Crippen LogP contribution in [0.1, 0.15) is 29.5 Å². The molecule has 0 saturated heterocycles. The van der Waals surface area contributed by atoms with Gasteiger partial charge in [-0.3, -0.25) is 0 Å². The van der Waals surface area contributed by atoms with Gasteiger partial charge in [0.2, 0.25) is 0 Å². The van der Waals surface area contributed by atoms with Crippen LogP contribution in [0.25, 0.3) is 10.6 Å². The van der Waals surface area contributed by atoms with Crippen molar-refractivity contribution >= 4 is 11.3 Å². The number of benzene rings is 1. The molecule has 1 aromatic heterocycles. The summed E-state index contributed by atoms with van der Waals surface area (Å²) in [5, 5.41) is 4.53. The minimum Gasteiger partial charge on any atom is -0.378 e. The number of rotatable bonds is 7. The largest absolute Gasteiger partial charge is 0.378 e. The van der Waals surface area contributed by atoms with Gasteiger partial charge >= 0.3 is 0 Å². The van der Waals surface area contributed by atoms with Crippen LogP contribution in [-0.2, 0) is 17.9 Å². The lowest BCUT2D eigenvalue weighted by Crippen LogP contribution is -2.14. The predicted molar refractivity (Wildman–Crippen MR) is 85.0 cm³/mol. The van der Waals surface area contributed by atoms with E-state index in [0.29, 0.717) is 6.61 Å². The summed E-state index contributed by atoms with van der Waals surface area (Å²) in [4.78, 5) is 6.04. The fourth-order valence-corrected chi connectivity index (χ4v) is 3.20. The SMILES string of the molecule is CCCNCc1sc(-c2ccccc2C)nc1COC. The van der Waals surface area contributed by atoms with Crippen molar-refractivity contribution in [2.45, 2.75) is 33.4 Å². The third-order valence-corrected chi connectivity index (χ3v) is 4.28. The van der Waals surface area contributed by atoms with Gasteiger partial charge in [-0.2, -0.15) is 0 Å². The Morgan fingerprint density at radius 2 is 2.10 bits per heavy atom. The van der Waals surface area contributed by atoms with E-state index in [9.17, 15) is 0 Å². The minimum atomic E-state index is 0.575. The molecular weight excluding hydrogens is 268 g/mol. The number of thiazole rings is 1. The zero-order chi connectivity index (χ0) is 14.4. The fraction of sp³-hybridized carbons (Fsp3) is 0.438. The molecular formula is C16H22N2OS. The topological polar surface area (TPSA) is 34.2 Å². The standard InChI is InChI=1S/C16H22N2OS/c1-4-9-17-10-15-14(11-19-3)18-16(20-15)13-8-6-5-7-12(13)2/h5-8,17H,4,9-11H2,1-3H3. The van der Waals surface area contributed by atoms with Crippen molar-refractivity contribution in [1.29, 1.82) is 0 Å². The van der Waals surface area contributed by atoms with E-state index in [-0.39, 0.29) is 0 Å². The number of nitrogens with one attached hydrogen (secondary N) is 1. The van der Waals surface area contributed by atoms with Gasteiger partial charge in [-0.25, -0.2) is 4.98 Å². The van der Waals surface area contributed by atoms with Crippen molar-refractivity contribution in [2.75, 3.05) is 13.7 Å². The molecule has 0 radical (unpaired) electrons. The van der Waals surface area contributed by atoms with E-state index in [1.165, 1.54) is 16.0 Å². The number of nitrogens with zero attached hydrogens (tertiary/aromatic N) is 1. The predicted octanol–water partition coefficient (Wildman–Crippen LogP) is 3.76. The molecule has 1 aromatic carbocycles. The first-order valence-corrected chi connectivity index (χ1v) is 7.82. The maximum absolute atomic E-state index is 5.27. The van der Waals surface area contributed by atoms with Gasteiger partial charge in [-0.05, 0) is 25.5 Å². The van der Waals surface area contributed by atoms with Crippen LogP contribution in [0.2, 0.25) is 0 Å². The lowest BCUT2D eigenvalue weighted by molar-refractivity contribution is 0.181. The Balaban J connectivity index is 2.26. The molecule has 1 heterocycles. The Bertz CT molecular complexity index is 551. The summed E-state index contributed by atoms with van der Waals surface area (Å²) in [5.41, 5.74) is 3.54. The average Bonchev–Trinajstić information content (AvgIpc) is 2.83.